The molecule has 0 aromatic rings. The van der Waals surface area contributed by atoms with Gasteiger partial charge in [-0.05, 0) is 11.5 Å². The second-order valence-corrected chi connectivity index (χ2v) is 4.41. The molecule has 0 aromatic carbocycles. The Kier molecular flexibility index (Phi) is 2.86. The lowest BCUT2D eigenvalue weighted by molar-refractivity contribution is -0.121. The molecule has 1 N–H and O–H groups in total. The summed E-state index contributed by atoms with van der Waals surface area (Å²) in [6, 6.07) is 0. The number of aliphatic imine (C=N–C) groups is 1. The summed E-state index contributed by atoms with van der Waals surface area (Å²) in [5.41, 5.74) is 0.0347. The Bertz CT molecular complexity index is 259. The summed E-state index contributed by atoms with van der Waals surface area (Å²) in [6.45, 7) is 6.81. The maximum atomic E-state index is 11.4. The molecule has 0 saturated heterocycles. The normalized spacial score (nSPS) is 15.8. The molecule has 1 heterocycles. The van der Waals surface area contributed by atoms with Gasteiger partial charge in [-0.2, -0.15) is 0 Å². The third kappa shape index (κ3) is 3.87. The summed E-state index contributed by atoms with van der Waals surface area (Å²) < 4.78 is 0. The van der Waals surface area contributed by atoms with Crippen molar-refractivity contribution in [3.05, 3.63) is 12.2 Å². The largest absolute Gasteiger partial charge is 0.311 e. The Balaban J connectivity index is 2.38. The minimum absolute atomic E-state index is 0.0347. The van der Waals surface area contributed by atoms with Crippen LogP contribution in [0, 0.1) is 5.41 Å². The van der Waals surface area contributed by atoms with E-state index in [1.54, 1.807) is 0 Å². The molecule has 3 nitrogen and oxygen atoms in total. The molecule has 0 bridgehead atoms. The quantitative estimate of drug-likeness (QED) is 0.653. The highest BCUT2D eigenvalue weighted by Gasteiger charge is 2.16. The lowest BCUT2D eigenvalue weighted by Gasteiger charge is -2.16. The first-order valence-corrected chi connectivity index (χ1v) is 4.48. The minimum atomic E-state index is 0.0347. The number of hydrogen-bond donors (Lipinski definition) is 1. The van der Waals surface area contributed by atoms with E-state index in [4.69, 9.17) is 0 Å². The third-order valence-corrected chi connectivity index (χ3v) is 1.60. The number of amidine groups is 1. The van der Waals surface area contributed by atoms with Crippen LogP contribution in [-0.4, -0.2) is 18.3 Å². The van der Waals surface area contributed by atoms with E-state index in [9.17, 15) is 4.79 Å². The van der Waals surface area contributed by atoms with Gasteiger partial charge in [0.1, 0.15) is 5.84 Å². The smallest absolute Gasteiger partial charge is 0.226 e. The Hall–Kier alpha value is -1.12. The monoisotopic (exact) mass is 180 g/mol. The number of carbonyl (C=O) groups is 1. The van der Waals surface area contributed by atoms with Crippen molar-refractivity contribution in [2.24, 2.45) is 10.4 Å². The van der Waals surface area contributed by atoms with Crippen molar-refractivity contribution in [3.8, 4) is 0 Å². The molecule has 1 aliphatic heterocycles. The van der Waals surface area contributed by atoms with Crippen LogP contribution in [0.1, 0.15) is 27.2 Å². The Labute approximate surface area is 78.9 Å². The van der Waals surface area contributed by atoms with Crippen LogP contribution < -0.4 is 5.32 Å². The molecule has 1 amide bonds. The SMILES string of the molecule is CC(C)(C)CC(=O)NC1=NCC=C1. The summed E-state index contributed by atoms with van der Waals surface area (Å²) in [7, 11) is 0. The Morgan fingerprint density at radius 3 is 2.77 bits per heavy atom. The molecule has 0 radical (unpaired) electrons. The molecule has 0 unspecified atom stereocenters. The van der Waals surface area contributed by atoms with Gasteiger partial charge < -0.3 is 5.32 Å². The van der Waals surface area contributed by atoms with Crippen LogP contribution in [-0.2, 0) is 4.79 Å². The van der Waals surface area contributed by atoms with E-state index in [0.29, 0.717) is 18.8 Å². The highest BCUT2D eigenvalue weighted by atomic mass is 16.1. The highest BCUT2D eigenvalue weighted by Crippen LogP contribution is 2.17. The van der Waals surface area contributed by atoms with Crippen LogP contribution in [0.15, 0.2) is 17.1 Å². The van der Waals surface area contributed by atoms with Gasteiger partial charge in [0.25, 0.3) is 0 Å². The van der Waals surface area contributed by atoms with E-state index < -0.39 is 0 Å². The second-order valence-electron chi connectivity index (χ2n) is 4.41. The summed E-state index contributed by atoms with van der Waals surface area (Å²) in [4.78, 5) is 15.5. The van der Waals surface area contributed by atoms with Gasteiger partial charge in [0, 0.05) is 6.42 Å². The summed E-state index contributed by atoms with van der Waals surface area (Å²) in [5.74, 6) is 0.729. The fraction of sp³-hybridized carbons (Fsp3) is 0.600. The van der Waals surface area contributed by atoms with Gasteiger partial charge in [-0.1, -0.05) is 26.8 Å². The van der Waals surface area contributed by atoms with Gasteiger partial charge in [0.15, 0.2) is 0 Å². The second kappa shape index (κ2) is 3.73. The van der Waals surface area contributed by atoms with E-state index >= 15 is 0 Å². The Morgan fingerprint density at radius 2 is 2.31 bits per heavy atom. The summed E-state index contributed by atoms with van der Waals surface area (Å²) >= 11 is 0. The molecule has 1 aliphatic rings. The average molecular weight is 180 g/mol. The van der Waals surface area contributed by atoms with Crippen LogP contribution in [0.2, 0.25) is 0 Å². The van der Waals surface area contributed by atoms with Crippen LogP contribution in [0.5, 0.6) is 0 Å². The number of hydrogen-bond acceptors (Lipinski definition) is 2. The van der Waals surface area contributed by atoms with E-state index in [2.05, 4.69) is 10.3 Å². The Morgan fingerprint density at radius 1 is 1.62 bits per heavy atom. The lowest BCUT2D eigenvalue weighted by atomic mass is 9.92. The molecule has 72 valence electrons. The van der Waals surface area contributed by atoms with Gasteiger partial charge >= 0.3 is 0 Å². The number of rotatable bonds is 1. The van der Waals surface area contributed by atoms with Crippen molar-refractivity contribution in [3.63, 3.8) is 0 Å². The predicted molar refractivity (Wildman–Crippen MR) is 53.7 cm³/mol. The summed E-state index contributed by atoms with van der Waals surface area (Å²) in [5, 5.41) is 2.76. The number of nitrogens with one attached hydrogen (secondary N) is 1. The number of amides is 1. The van der Waals surface area contributed by atoms with Crippen LogP contribution in [0.4, 0.5) is 0 Å². The van der Waals surface area contributed by atoms with Gasteiger partial charge in [0.2, 0.25) is 5.91 Å². The highest BCUT2D eigenvalue weighted by molar-refractivity contribution is 6.05. The summed E-state index contributed by atoms with van der Waals surface area (Å²) in [6.07, 6.45) is 4.28. The van der Waals surface area contributed by atoms with Crippen molar-refractivity contribution in [2.75, 3.05) is 6.54 Å². The molecule has 0 aromatic heterocycles. The van der Waals surface area contributed by atoms with Gasteiger partial charge in [0.05, 0.1) is 6.54 Å². The molecule has 0 spiro atoms. The maximum absolute atomic E-state index is 11.4. The van der Waals surface area contributed by atoms with E-state index in [1.165, 1.54) is 0 Å². The van der Waals surface area contributed by atoms with Crippen LogP contribution in [0.3, 0.4) is 0 Å². The van der Waals surface area contributed by atoms with E-state index in [1.807, 2.05) is 32.9 Å². The molecular formula is C10H16N2O. The molecule has 3 heteroatoms. The van der Waals surface area contributed by atoms with Crippen molar-refractivity contribution in [2.45, 2.75) is 27.2 Å². The van der Waals surface area contributed by atoms with Gasteiger partial charge in [-0.25, -0.2) is 0 Å². The van der Waals surface area contributed by atoms with Crippen LogP contribution >= 0.6 is 0 Å². The fourth-order valence-electron chi connectivity index (χ4n) is 1.12. The maximum Gasteiger partial charge on any atom is 0.226 e. The zero-order chi connectivity index (χ0) is 9.90. The van der Waals surface area contributed by atoms with Gasteiger partial charge in [-0.15, -0.1) is 0 Å². The van der Waals surface area contributed by atoms with Crippen LogP contribution in [0.25, 0.3) is 0 Å². The first kappa shape index (κ1) is 9.96. The van der Waals surface area contributed by atoms with Crippen molar-refractivity contribution in [1.82, 2.24) is 5.32 Å². The van der Waals surface area contributed by atoms with Crippen molar-refractivity contribution in [1.29, 1.82) is 0 Å². The molecule has 0 aliphatic carbocycles. The lowest BCUT2D eigenvalue weighted by Crippen LogP contribution is -2.31. The molecule has 0 atom stereocenters. The van der Waals surface area contributed by atoms with E-state index in [-0.39, 0.29) is 11.3 Å². The van der Waals surface area contributed by atoms with Crippen molar-refractivity contribution < 1.29 is 4.79 Å². The predicted octanol–water partition coefficient (Wildman–Crippen LogP) is 1.51. The molecule has 0 saturated carbocycles. The first-order chi connectivity index (χ1) is 5.97. The molecule has 13 heavy (non-hydrogen) atoms. The molecule has 0 fully saturated rings. The minimum Gasteiger partial charge on any atom is -0.311 e. The van der Waals surface area contributed by atoms with Gasteiger partial charge in [-0.3, -0.25) is 9.79 Å². The zero-order valence-corrected chi connectivity index (χ0v) is 8.42. The topological polar surface area (TPSA) is 41.5 Å². The number of carbonyl (C=O) groups excluding carboxylic acids is 1. The van der Waals surface area contributed by atoms with E-state index in [0.717, 1.165) is 0 Å². The molecular weight excluding hydrogens is 164 g/mol. The van der Waals surface area contributed by atoms with Crippen molar-refractivity contribution >= 4 is 11.7 Å². The standard InChI is InChI=1S/C10H16N2O/c1-10(2,3)7-9(13)12-8-5-4-6-11-8/h4-5H,6-7H2,1-3H3,(H,11,12,13). The third-order valence-electron chi connectivity index (χ3n) is 1.60. The first-order valence-electron chi connectivity index (χ1n) is 4.48. The molecule has 1 rings (SSSR count). The fourth-order valence-corrected chi connectivity index (χ4v) is 1.12. The zero-order valence-electron chi connectivity index (χ0n) is 8.42. The number of nitrogens with zero attached hydrogens (tertiary/aromatic N) is 1. The average Bonchev–Trinajstić information content (AvgIpc) is 2.34.